The van der Waals surface area contributed by atoms with Crippen molar-refractivity contribution in [3.63, 3.8) is 0 Å². The first-order valence-electron chi connectivity index (χ1n) is 26.3. The molecular formula is C64H74BN3. The van der Waals surface area contributed by atoms with Gasteiger partial charge in [-0.05, 0) is 175 Å². The van der Waals surface area contributed by atoms with Gasteiger partial charge >= 0.3 is 0 Å². The van der Waals surface area contributed by atoms with Gasteiger partial charge in [0, 0.05) is 50.5 Å². The Labute approximate surface area is 409 Å². The van der Waals surface area contributed by atoms with Gasteiger partial charge in [0.1, 0.15) is 0 Å². The van der Waals surface area contributed by atoms with E-state index in [0.29, 0.717) is 0 Å². The van der Waals surface area contributed by atoms with Gasteiger partial charge in [0.05, 0.1) is 16.8 Å². The summed E-state index contributed by atoms with van der Waals surface area (Å²) >= 11 is 0. The Morgan fingerprint density at radius 2 is 1.06 bits per heavy atom. The van der Waals surface area contributed by atoms with Crippen LogP contribution < -0.4 is 31.1 Å². The fourth-order valence-corrected chi connectivity index (χ4v) is 15.7. The highest BCUT2D eigenvalue weighted by molar-refractivity contribution is 7.00. The van der Waals surface area contributed by atoms with E-state index in [2.05, 4.69) is 209 Å². The first-order chi connectivity index (χ1) is 32.1. The molecule has 4 heteroatoms. The SMILES string of the molecule is Cc1cc(C)c2c(c1)N(c1cc3c4c(c1)N1c5c(c(C)cc(C)c5C5(C)CCCCC15C)B4c1cc(C(C)(C)C)ccc1N3c1ccc(C(C)(C)C)cc1-c1ccccc1)C1(C)CCCCC21C. The highest BCUT2D eigenvalue weighted by Crippen LogP contribution is 2.66. The third-order valence-electron chi connectivity index (χ3n) is 19.4. The van der Waals surface area contributed by atoms with E-state index in [0.717, 1.165) is 0 Å². The molecule has 0 radical (unpaired) electrons. The summed E-state index contributed by atoms with van der Waals surface area (Å²) in [6.07, 6.45) is 9.85. The summed E-state index contributed by atoms with van der Waals surface area (Å²) in [6, 6.07) is 39.2. The first-order valence-corrected chi connectivity index (χ1v) is 26.3. The average Bonchev–Trinajstić information content (AvgIpc) is 3.63. The van der Waals surface area contributed by atoms with Crippen LogP contribution >= 0.6 is 0 Å². The molecule has 4 aliphatic heterocycles. The summed E-state index contributed by atoms with van der Waals surface area (Å²) < 4.78 is 0. The summed E-state index contributed by atoms with van der Waals surface area (Å²) in [5.41, 5.74) is 28.1. The van der Waals surface area contributed by atoms with Crippen molar-refractivity contribution in [2.45, 2.75) is 181 Å². The van der Waals surface area contributed by atoms with Crippen molar-refractivity contribution >= 4 is 62.9 Å². The normalized spacial score (nSPS) is 25.4. The number of hydrogen-bond acceptors (Lipinski definition) is 3. The van der Waals surface area contributed by atoms with Crippen molar-refractivity contribution in [1.82, 2.24) is 0 Å². The Morgan fingerprint density at radius 1 is 0.485 bits per heavy atom. The van der Waals surface area contributed by atoms with E-state index in [1.807, 2.05) is 0 Å². The highest BCUT2D eigenvalue weighted by Gasteiger charge is 2.63. The second-order valence-corrected chi connectivity index (χ2v) is 25.5. The third kappa shape index (κ3) is 5.61. The van der Waals surface area contributed by atoms with Gasteiger partial charge in [-0.15, -0.1) is 0 Å². The van der Waals surface area contributed by atoms with Crippen molar-refractivity contribution in [2.75, 3.05) is 14.7 Å². The lowest BCUT2D eigenvalue weighted by atomic mass is 9.32. The maximum Gasteiger partial charge on any atom is 0.252 e. The van der Waals surface area contributed by atoms with Crippen LogP contribution in [0.5, 0.6) is 0 Å². The maximum atomic E-state index is 2.98. The fraction of sp³-hybridized carbons (Fsp3) is 0.438. The van der Waals surface area contributed by atoms with Crippen LogP contribution in [0, 0.1) is 27.7 Å². The van der Waals surface area contributed by atoms with Gasteiger partial charge in [-0.25, -0.2) is 0 Å². The zero-order valence-corrected chi connectivity index (χ0v) is 43.8. The minimum absolute atomic E-state index is 0.00985. The Morgan fingerprint density at radius 3 is 1.72 bits per heavy atom. The molecule has 4 heterocycles. The number of aryl methyl sites for hydroxylation is 4. The molecule has 0 spiro atoms. The molecule has 68 heavy (non-hydrogen) atoms. The second-order valence-electron chi connectivity index (χ2n) is 25.5. The first kappa shape index (κ1) is 44.0. The lowest BCUT2D eigenvalue weighted by molar-refractivity contribution is 0.193. The average molecular weight is 896 g/mol. The van der Waals surface area contributed by atoms with Gasteiger partial charge in [0.2, 0.25) is 0 Å². The van der Waals surface area contributed by atoms with E-state index in [4.69, 9.17) is 0 Å². The molecule has 0 aromatic heterocycles. The van der Waals surface area contributed by atoms with Crippen molar-refractivity contribution < 1.29 is 0 Å². The Bertz CT molecular complexity index is 3130. The number of nitrogens with zero attached hydrogens (tertiary/aromatic N) is 3. The third-order valence-corrected chi connectivity index (χ3v) is 19.4. The predicted molar refractivity (Wildman–Crippen MR) is 293 cm³/mol. The molecular weight excluding hydrogens is 822 g/mol. The van der Waals surface area contributed by atoms with Crippen molar-refractivity contribution in [3.8, 4) is 11.1 Å². The summed E-state index contributed by atoms with van der Waals surface area (Å²) in [4.78, 5) is 8.61. The lowest BCUT2D eigenvalue weighted by Crippen LogP contribution is -2.65. The molecule has 348 valence electrons. The van der Waals surface area contributed by atoms with E-state index in [9.17, 15) is 0 Å². The standard InChI is InChI=1S/C64H74BN3/c1-39-32-40(2)54-51(33-39)67(63(13)30-20-18-28-61(54,63)11)46-37-52-57-53(38-46)68-58-55(62(12)29-19-21-31-64(62,68)14)41(3)34-42(4)56(58)65(57)48-36-45(60(8,9)10)25-27-50(48)66(52)49-26-24-44(59(5,6)7)35-47(49)43-22-16-15-17-23-43/h15-17,22-27,32-38H,18-21,28-31H2,1-14H3. The van der Waals surface area contributed by atoms with Crippen LogP contribution in [0.15, 0.2) is 97.1 Å². The van der Waals surface area contributed by atoms with Crippen molar-refractivity contribution in [1.29, 1.82) is 0 Å². The highest BCUT2D eigenvalue weighted by atomic mass is 15.3. The van der Waals surface area contributed by atoms with Crippen LogP contribution in [0.3, 0.4) is 0 Å². The maximum absolute atomic E-state index is 2.98. The van der Waals surface area contributed by atoms with Gasteiger partial charge in [-0.3, -0.25) is 0 Å². The smallest absolute Gasteiger partial charge is 0.252 e. The summed E-state index contributed by atoms with van der Waals surface area (Å²) in [5.74, 6) is 0. The van der Waals surface area contributed by atoms with E-state index in [-0.39, 0.29) is 39.5 Å². The van der Waals surface area contributed by atoms with E-state index < -0.39 is 0 Å². The molecule has 4 atom stereocenters. The van der Waals surface area contributed by atoms with Gasteiger partial charge in [-0.2, -0.15) is 0 Å². The summed E-state index contributed by atoms with van der Waals surface area (Å²) in [6.45, 7) is 34.4. The van der Waals surface area contributed by atoms with Crippen molar-refractivity contribution in [2.24, 2.45) is 0 Å². The van der Waals surface area contributed by atoms with Crippen molar-refractivity contribution in [3.05, 3.63) is 142 Å². The Hall–Kier alpha value is -5.22. The topological polar surface area (TPSA) is 9.72 Å². The van der Waals surface area contributed by atoms with Crippen LogP contribution in [-0.4, -0.2) is 17.8 Å². The van der Waals surface area contributed by atoms with Crippen LogP contribution in [0.2, 0.25) is 0 Å². The van der Waals surface area contributed by atoms with E-state index in [1.54, 1.807) is 11.1 Å². The molecule has 3 nitrogen and oxygen atoms in total. The lowest BCUT2D eigenvalue weighted by Gasteiger charge is -2.54. The molecule has 6 aliphatic rings. The minimum Gasteiger partial charge on any atom is -0.335 e. The number of anilines is 7. The van der Waals surface area contributed by atoms with Gasteiger partial charge in [0.15, 0.2) is 0 Å². The molecule has 0 N–H and O–H groups in total. The monoisotopic (exact) mass is 896 g/mol. The fourth-order valence-electron chi connectivity index (χ4n) is 15.7. The largest absolute Gasteiger partial charge is 0.335 e. The van der Waals surface area contributed by atoms with Gasteiger partial charge < -0.3 is 14.7 Å². The molecule has 6 aromatic rings. The molecule has 0 amide bonds. The molecule has 12 rings (SSSR count). The Kier molecular flexibility index (Phi) is 9.19. The van der Waals surface area contributed by atoms with Crippen LogP contribution in [0.25, 0.3) is 11.1 Å². The summed E-state index contributed by atoms with van der Waals surface area (Å²) in [7, 11) is 0. The van der Waals surface area contributed by atoms with E-state index in [1.165, 1.54) is 152 Å². The molecule has 2 aliphatic carbocycles. The zero-order valence-electron chi connectivity index (χ0n) is 43.8. The molecule has 0 bridgehead atoms. The summed E-state index contributed by atoms with van der Waals surface area (Å²) in [5, 5.41) is 0. The van der Waals surface area contributed by atoms with E-state index >= 15 is 0 Å². The van der Waals surface area contributed by atoms with Gasteiger partial charge in [0.25, 0.3) is 6.71 Å². The molecule has 0 saturated heterocycles. The quantitative estimate of drug-likeness (QED) is 0.164. The predicted octanol–water partition coefficient (Wildman–Crippen LogP) is 15.3. The molecule has 2 saturated carbocycles. The number of fused-ring (bicyclic) bond motifs is 10. The molecule has 6 aromatic carbocycles. The van der Waals surface area contributed by atoms with Gasteiger partial charge in [-0.1, -0.05) is 147 Å². The minimum atomic E-state index is -0.0890. The molecule has 2 fully saturated rings. The van der Waals surface area contributed by atoms with Crippen LogP contribution in [0.1, 0.15) is 165 Å². The zero-order chi connectivity index (χ0) is 47.8. The van der Waals surface area contributed by atoms with Crippen LogP contribution in [-0.2, 0) is 21.7 Å². The number of rotatable bonds is 3. The van der Waals surface area contributed by atoms with Crippen LogP contribution in [0.4, 0.5) is 39.8 Å². The molecule has 4 unspecified atom stereocenters. The Balaban J connectivity index is 1.26. The number of hydrogen-bond donors (Lipinski definition) is 0. The second kappa shape index (κ2) is 14.2. The number of benzene rings is 6.